The van der Waals surface area contributed by atoms with E-state index >= 15 is 0 Å². The van der Waals surface area contributed by atoms with Crippen molar-refractivity contribution < 1.29 is 0 Å². The zero-order valence-electron chi connectivity index (χ0n) is 13.0. The van der Waals surface area contributed by atoms with Gasteiger partial charge in [0.2, 0.25) is 0 Å². The Kier molecular flexibility index (Phi) is 3.19. The van der Waals surface area contributed by atoms with E-state index in [0.717, 1.165) is 33.4 Å². The molecule has 0 atom stereocenters. The second-order valence-corrected chi connectivity index (χ2v) is 5.91. The van der Waals surface area contributed by atoms with Crippen LogP contribution < -0.4 is 5.32 Å². The summed E-state index contributed by atoms with van der Waals surface area (Å²) in [5, 5.41) is 4.35. The van der Waals surface area contributed by atoms with Crippen molar-refractivity contribution in [3.8, 4) is 0 Å². The van der Waals surface area contributed by atoms with Crippen molar-refractivity contribution in [3.05, 3.63) is 54.6 Å². The monoisotopic (exact) mass is 303 g/mol. The zero-order chi connectivity index (χ0) is 15.8. The first kappa shape index (κ1) is 13.7. The van der Waals surface area contributed by atoms with E-state index in [2.05, 4.69) is 63.4 Å². The van der Waals surface area contributed by atoms with E-state index in [-0.39, 0.29) is 0 Å². The van der Waals surface area contributed by atoms with E-state index < -0.39 is 0 Å². The minimum Gasteiger partial charge on any atom is -0.345 e. The number of nitrogens with one attached hydrogen (secondary N) is 2. The molecule has 0 spiro atoms. The van der Waals surface area contributed by atoms with Crippen LogP contribution in [0.3, 0.4) is 0 Å². The van der Waals surface area contributed by atoms with E-state index in [1.54, 1.807) is 12.7 Å². The van der Waals surface area contributed by atoms with Crippen molar-refractivity contribution in [2.45, 2.75) is 19.8 Å². The van der Waals surface area contributed by atoms with Crippen LogP contribution in [0.4, 0.5) is 11.5 Å². The van der Waals surface area contributed by atoms with Gasteiger partial charge in [-0.15, -0.1) is 0 Å². The van der Waals surface area contributed by atoms with Gasteiger partial charge < -0.3 is 10.3 Å². The molecule has 5 nitrogen and oxygen atoms in total. The summed E-state index contributed by atoms with van der Waals surface area (Å²) in [5.74, 6) is 1.32. The van der Waals surface area contributed by atoms with Gasteiger partial charge >= 0.3 is 0 Å². The second kappa shape index (κ2) is 5.35. The number of H-pyrrole nitrogens is 1. The topological polar surface area (TPSA) is 66.5 Å². The molecule has 0 saturated carbocycles. The summed E-state index contributed by atoms with van der Waals surface area (Å²) in [5.41, 5.74) is 5.09. The highest BCUT2D eigenvalue weighted by Crippen LogP contribution is 2.26. The highest BCUT2D eigenvalue weighted by Gasteiger charge is 2.07. The second-order valence-electron chi connectivity index (χ2n) is 5.91. The lowest BCUT2D eigenvalue weighted by Gasteiger charge is -2.10. The average Bonchev–Trinajstić information content (AvgIpc) is 3.01. The Morgan fingerprint density at radius 1 is 0.957 bits per heavy atom. The Morgan fingerprint density at radius 2 is 1.78 bits per heavy atom. The van der Waals surface area contributed by atoms with E-state index in [1.807, 2.05) is 12.1 Å². The molecule has 2 N–H and O–H groups in total. The number of hydrogen-bond acceptors (Lipinski definition) is 4. The normalized spacial score (nSPS) is 11.4. The number of fused-ring (bicyclic) bond motifs is 2. The summed E-state index contributed by atoms with van der Waals surface area (Å²) in [7, 11) is 0. The van der Waals surface area contributed by atoms with Crippen LogP contribution in [-0.2, 0) is 0 Å². The smallest absolute Gasteiger partial charge is 0.141 e. The number of aromatic amines is 1. The SMILES string of the molecule is CC(C)c1ccc(Nc2ncnc3cc4nc[nH]c4cc23)cc1. The third-order valence-corrected chi connectivity index (χ3v) is 4.02. The number of nitrogens with zero attached hydrogens (tertiary/aromatic N) is 3. The van der Waals surface area contributed by atoms with Crippen LogP contribution in [0.1, 0.15) is 25.3 Å². The molecule has 2 heterocycles. The van der Waals surface area contributed by atoms with Gasteiger partial charge in [0.1, 0.15) is 12.1 Å². The van der Waals surface area contributed by atoms with Gasteiger partial charge in [-0.3, -0.25) is 0 Å². The molecule has 2 aromatic heterocycles. The summed E-state index contributed by atoms with van der Waals surface area (Å²) in [6.45, 7) is 4.38. The third kappa shape index (κ3) is 2.50. The molecule has 0 radical (unpaired) electrons. The van der Waals surface area contributed by atoms with Crippen LogP contribution in [0, 0.1) is 0 Å². The highest BCUT2D eigenvalue weighted by molar-refractivity contribution is 5.99. The molecule has 0 saturated heterocycles. The van der Waals surface area contributed by atoms with Crippen molar-refractivity contribution in [3.63, 3.8) is 0 Å². The van der Waals surface area contributed by atoms with E-state index in [1.165, 1.54) is 5.56 Å². The summed E-state index contributed by atoms with van der Waals surface area (Å²) in [4.78, 5) is 16.1. The molecule has 0 bridgehead atoms. The minimum absolute atomic E-state index is 0.526. The molecular weight excluding hydrogens is 286 g/mol. The molecule has 4 aromatic rings. The highest BCUT2D eigenvalue weighted by atomic mass is 15.0. The lowest BCUT2D eigenvalue weighted by molar-refractivity contribution is 0.867. The minimum atomic E-state index is 0.526. The van der Waals surface area contributed by atoms with Gasteiger partial charge in [0.25, 0.3) is 0 Å². The molecule has 0 amide bonds. The standard InChI is InChI=1S/C18H17N5/c1-11(2)12-3-5-13(6-4-12)23-18-14-7-16-17(21-9-20-16)8-15(14)19-10-22-18/h3-11H,1-2H3,(H,20,21)(H,19,22,23). The lowest BCUT2D eigenvalue weighted by atomic mass is 10.0. The number of rotatable bonds is 3. The summed E-state index contributed by atoms with van der Waals surface area (Å²) in [6, 6.07) is 12.4. The van der Waals surface area contributed by atoms with E-state index in [4.69, 9.17) is 0 Å². The Balaban J connectivity index is 1.75. The van der Waals surface area contributed by atoms with Gasteiger partial charge in [-0.2, -0.15) is 0 Å². The van der Waals surface area contributed by atoms with Gasteiger partial charge in [0.15, 0.2) is 0 Å². The maximum atomic E-state index is 4.39. The zero-order valence-corrected chi connectivity index (χ0v) is 13.0. The molecule has 23 heavy (non-hydrogen) atoms. The van der Waals surface area contributed by atoms with Crippen LogP contribution in [0.2, 0.25) is 0 Å². The lowest BCUT2D eigenvalue weighted by Crippen LogP contribution is -1.96. The Hall–Kier alpha value is -2.95. The molecule has 0 aliphatic carbocycles. The van der Waals surface area contributed by atoms with Crippen molar-refractivity contribution in [1.29, 1.82) is 0 Å². The van der Waals surface area contributed by atoms with Gasteiger partial charge in [0.05, 0.1) is 22.9 Å². The number of hydrogen-bond donors (Lipinski definition) is 2. The average molecular weight is 303 g/mol. The van der Waals surface area contributed by atoms with Crippen LogP contribution >= 0.6 is 0 Å². The molecule has 2 aromatic carbocycles. The summed E-state index contributed by atoms with van der Waals surface area (Å²) >= 11 is 0. The number of aromatic nitrogens is 4. The predicted molar refractivity (Wildman–Crippen MR) is 93.0 cm³/mol. The molecular formula is C18H17N5. The van der Waals surface area contributed by atoms with Crippen molar-refractivity contribution >= 4 is 33.4 Å². The first-order valence-electron chi connectivity index (χ1n) is 7.65. The third-order valence-electron chi connectivity index (χ3n) is 4.02. The van der Waals surface area contributed by atoms with Gasteiger partial charge in [-0.1, -0.05) is 26.0 Å². The predicted octanol–water partition coefficient (Wildman–Crippen LogP) is 4.37. The molecule has 0 fully saturated rings. The van der Waals surface area contributed by atoms with Gasteiger partial charge in [-0.25, -0.2) is 15.0 Å². The fourth-order valence-corrected chi connectivity index (χ4v) is 2.67. The number of anilines is 2. The van der Waals surface area contributed by atoms with Gasteiger partial charge in [-0.05, 0) is 35.7 Å². The first-order chi connectivity index (χ1) is 11.2. The van der Waals surface area contributed by atoms with Crippen molar-refractivity contribution in [2.24, 2.45) is 0 Å². The van der Waals surface area contributed by atoms with Crippen LogP contribution in [-0.4, -0.2) is 19.9 Å². The van der Waals surface area contributed by atoms with Crippen LogP contribution in [0.5, 0.6) is 0 Å². The maximum Gasteiger partial charge on any atom is 0.141 e. The summed E-state index contributed by atoms with van der Waals surface area (Å²) in [6.07, 6.45) is 3.26. The molecule has 0 aliphatic rings. The van der Waals surface area contributed by atoms with E-state index in [9.17, 15) is 0 Å². The molecule has 0 aliphatic heterocycles. The summed E-state index contributed by atoms with van der Waals surface area (Å²) < 4.78 is 0. The Morgan fingerprint density at radius 3 is 2.57 bits per heavy atom. The van der Waals surface area contributed by atoms with Crippen molar-refractivity contribution in [2.75, 3.05) is 5.32 Å². The maximum absolute atomic E-state index is 4.39. The molecule has 114 valence electrons. The van der Waals surface area contributed by atoms with E-state index in [0.29, 0.717) is 5.92 Å². The number of benzene rings is 2. The molecule has 5 heteroatoms. The molecule has 4 rings (SSSR count). The Labute approximate surface area is 133 Å². The fourth-order valence-electron chi connectivity index (χ4n) is 2.67. The quantitative estimate of drug-likeness (QED) is 0.589. The Bertz CT molecular complexity index is 970. The first-order valence-corrected chi connectivity index (χ1v) is 7.65. The largest absolute Gasteiger partial charge is 0.345 e. The van der Waals surface area contributed by atoms with Crippen LogP contribution in [0.15, 0.2) is 49.1 Å². The fraction of sp³-hybridized carbons (Fsp3) is 0.167. The van der Waals surface area contributed by atoms with Crippen molar-refractivity contribution in [1.82, 2.24) is 19.9 Å². The molecule has 0 unspecified atom stereocenters. The van der Waals surface area contributed by atoms with Gasteiger partial charge in [0, 0.05) is 11.1 Å². The number of imidazole rings is 1. The van der Waals surface area contributed by atoms with Crippen LogP contribution in [0.25, 0.3) is 21.9 Å².